The summed E-state index contributed by atoms with van der Waals surface area (Å²) >= 11 is 0. The van der Waals surface area contributed by atoms with Crippen LogP contribution in [0, 0.1) is 0 Å². The van der Waals surface area contributed by atoms with Gasteiger partial charge in [-0.25, -0.2) is 4.79 Å². The third-order valence-corrected chi connectivity index (χ3v) is 4.57. The number of hydrogen-bond acceptors (Lipinski definition) is 4. The third-order valence-electron chi connectivity index (χ3n) is 4.57. The minimum absolute atomic E-state index is 0.0408. The second-order valence-electron chi connectivity index (χ2n) is 7.25. The summed E-state index contributed by atoms with van der Waals surface area (Å²) < 4.78 is 5.77. The number of rotatable bonds is 7. The van der Waals surface area contributed by atoms with Crippen LogP contribution in [0.1, 0.15) is 25.0 Å². The number of nitrogens with one attached hydrogen (secondary N) is 3. The Labute approximate surface area is 171 Å². The van der Waals surface area contributed by atoms with Crippen LogP contribution in [0.5, 0.6) is 5.75 Å². The van der Waals surface area contributed by atoms with E-state index in [0.717, 1.165) is 29.1 Å². The number of piperazine rings is 1. The number of carbonyl (C=O) groups excluding carboxylic acids is 2. The molecule has 154 valence electrons. The zero-order valence-corrected chi connectivity index (χ0v) is 16.9. The molecule has 1 saturated heterocycles. The van der Waals surface area contributed by atoms with Crippen molar-refractivity contribution in [1.29, 1.82) is 0 Å². The summed E-state index contributed by atoms with van der Waals surface area (Å²) in [6, 6.07) is 15.3. The summed E-state index contributed by atoms with van der Waals surface area (Å²) in [5, 5.41) is 8.55. The van der Waals surface area contributed by atoms with Crippen LogP contribution in [0.3, 0.4) is 0 Å². The Bertz CT molecular complexity index is 836. The molecular formula is C22H28N4O3. The topological polar surface area (TPSA) is 82.7 Å². The molecule has 0 spiro atoms. The summed E-state index contributed by atoms with van der Waals surface area (Å²) in [7, 11) is 0. The van der Waals surface area contributed by atoms with E-state index in [4.69, 9.17) is 4.74 Å². The quantitative estimate of drug-likeness (QED) is 0.671. The largest absolute Gasteiger partial charge is 0.491 e. The fraction of sp³-hybridized carbons (Fsp3) is 0.364. The molecule has 7 nitrogen and oxygen atoms in total. The molecule has 1 fully saturated rings. The van der Waals surface area contributed by atoms with Gasteiger partial charge in [-0.2, -0.15) is 0 Å². The van der Waals surface area contributed by atoms with E-state index in [1.807, 2.05) is 67.3 Å². The first-order chi connectivity index (χ1) is 14.0. The highest BCUT2D eigenvalue weighted by atomic mass is 16.5. The molecule has 0 unspecified atom stereocenters. The van der Waals surface area contributed by atoms with E-state index in [-0.39, 0.29) is 18.0 Å². The summed E-state index contributed by atoms with van der Waals surface area (Å²) in [6.45, 7) is 6.61. The van der Waals surface area contributed by atoms with Crippen LogP contribution < -0.4 is 25.6 Å². The Hall–Kier alpha value is -3.22. The van der Waals surface area contributed by atoms with E-state index >= 15 is 0 Å². The van der Waals surface area contributed by atoms with Gasteiger partial charge in [0.25, 0.3) is 0 Å². The number of amides is 3. The van der Waals surface area contributed by atoms with Gasteiger partial charge in [-0.05, 0) is 37.6 Å². The Morgan fingerprint density at radius 1 is 1.10 bits per heavy atom. The molecule has 0 atom stereocenters. The second kappa shape index (κ2) is 9.82. The van der Waals surface area contributed by atoms with Gasteiger partial charge in [0.15, 0.2) is 0 Å². The van der Waals surface area contributed by atoms with E-state index in [1.165, 1.54) is 0 Å². The Morgan fingerprint density at radius 2 is 1.83 bits per heavy atom. The molecule has 2 aromatic rings. The Balaban J connectivity index is 1.47. The summed E-state index contributed by atoms with van der Waals surface area (Å²) in [4.78, 5) is 25.7. The van der Waals surface area contributed by atoms with Crippen molar-refractivity contribution in [3.63, 3.8) is 0 Å². The number of anilines is 1. The molecule has 0 aliphatic carbocycles. The first-order valence-electron chi connectivity index (χ1n) is 9.88. The van der Waals surface area contributed by atoms with Crippen LogP contribution in [0.15, 0.2) is 48.5 Å². The zero-order chi connectivity index (χ0) is 20.6. The lowest BCUT2D eigenvalue weighted by Gasteiger charge is -2.28. The van der Waals surface area contributed by atoms with Crippen molar-refractivity contribution in [3.8, 4) is 5.75 Å². The van der Waals surface area contributed by atoms with Crippen molar-refractivity contribution >= 4 is 17.6 Å². The molecule has 0 aromatic heterocycles. The standard InChI is InChI=1S/C22H28N4O3/c1-16(2)29-20-6-4-3-5-18(20)14-25-22(28)24-13-17-7-9-19(10-8-17)26-12-11-23-21(27)15-26/h3-10,16H,11-15H2,1-2H3,(H,23,27)(H2,24,25,28). The molecule has 1 aliphatic heterocycles. The van der Waals surface area contributed by atoms with Gasteiger partial charge in [0, 0.05) is 37.4 Å². The first-order valence-corrected chi connectivity index (χ1v) is 9.88. The molecule has 7 heteroatoms. The molecule has 3 rings (SSSR count). The number of para-hydroxylation sites is 1. The number of hydrogen-bond donors (Lipinski definition) is 3. The van der Waals surface area contributed by atoms with E-state index < -0.39 is 0 Å². The lowest BCUT2D eigenvalue weighted by atomic mass is 10.2. The maximum Gasteiger partial charge on any atom is 0.315 e. The smallest absolute Gasteiger partial charge is 0.315 e. The van der Waals surface area contributed by atoms with Crippen LogP contribution in [0.2, 0.25) is 0 Å². The zero-order valence-electron chi connectivity index (χ0n) is 16.9. The van der Waals surface area contributed by atoms with Crippen LogP contribution in [-0.4, -0.2) is 37.7 Å². The van der Waals surface area contributed by atoms with Crippen molar-refractivity contribution in [2.24, 2.45) is 0 Å². The van der Waals surface area contributed by atoms with Crippen molar-refractivity contribution in [3.05, 3.63) is 59.7 Å². The fourth-order valence-electron chi connectivity index (χ4n) is 3.12. The van der Waals surface area contributed by atoms with Crippen molar-refractivity contribution in [2.75, 3.05) is 24.5 Å². The SMILES string of the molecule is CC(C)Oc1ccccc1CNC(=O)NCc1ccc(N2CCNC(=O)C2)cc1. The van der Waals surface area contributed by atoms with E-state index in [9.17, 15) is 9.59 Å². The van der Waals surface area contributed by atoms with Gasteiger partial charge in [0.2, 0.25) is 5.91 Å². The minimum atomic E-state index is -0.235. The van der Waals surface area contributed by atoms with Crippen molar-refractivity contribution in [1.82, 2.24) is 16.0 Å². The average Bonchev–Trinajstić information content (AvgIpc) is 2.71. The first kappa shape index (κ1) is 20.5. The molecule has 3 amide bonds. The molecule has 1 aliphatic rings. The minimum Gasteiger partial charge on any atom is -0.491 e. The lowest BCUT2D eigenvalue weighted by Crippen LogP contribution is -2.47. The highest BCUT2D eigenvalue weighted by molar-refractivity contribution is 5.82. The average molecular weight is 396 g/mol. The van der Waals surface area contributed by atoms with Crippen LogP contribution in [0.25, 0.3) is 0 Å². The molecule has 0 bridgehead atoms. The molecule has 1 heterocycles. The van der Waals surface area contributed by atoms with Crippen molar-refractivity contribution in [2.45, 2.75) is 33.0 Å². The Kier molecular flexibility index (Phi) is 6.94. The van der Waals surface area contributed by atoms with Crippen LogP contribution in [0.4, 0.5) is 10.5 Å². The predicted octanol–water partition coefficient (Wildman–Crippen LogP) is 2.41. The van der Waals surface area contributed by atoms with E-state index in [1.54, 1.807) is 0 Å². The second-order valence-corrected chi connectivity index (χ2v) is 7.25. The maximum absolute atomic E-state index is 12.2. The van der Waals surface area contributed by atoms with Gasteiger partial charge in [-0.1, -0.05) is 30.3 Å². The third kappa shape index (κ3) is 6.14. The van der Waals surface area contributed by atoms with Crippen LogP contribution >= 0.6 is 0 Å². The summed E-state index contributed by atoms with van der Waals surface area (Å²) in [6.07, 6.45) is 0.0762. The number of ether oxygens (including phenoxy) is 1. The molecular weight excluding hydrogens is 368 g/mol. The summed E-state index contributed by atoms with van der Waals surface area (Å²) in [5.41, 5.74) is 2.94. The maximum atomic E-state index is 12.2. The number of urea groups is 1. The predicted molar refractivity (Wildman–Crippen MR) is 113 cm³/mol. The molecule has 2 aromatic carbocycles. The number of benzene rings is 2. The lowest BCUT2D eigenvalue weighted by molar-refractivity contribution is -0.120. The monoisotopic (exact) mass is 396 g/mol. The van der Waals surface area contributed by atoms with Gasteiger partial charge in [0.1, 0.15) is 5.75 Å². The highest BCUT2D eigenvalue weighted by Gasteiger charge is 2.16. The van der Waals surface area contributed by atoms with E-state index in [2.05, 4.69) is 16.0 Å². The van der Waals surface area contributed by atoms with Gasteiger partial charge in [0.05, 0.1) is 12.6 Å². The van der Waals surface area contributed by atoms with Crippen LogP contribution in [-0.2, 0) is 17.9 Å². The normalized spacial score (nSPS) is 13.8. The van der Waals surface area contributed by atoms with Gasteiger partial charge in [-0.15, -0.1) is 0 Å². The van der Waals surface area contributed by atoms with Gasteiger partial charge in [-0.3, -0.25) is 4.79 Å². The highest BCUT2D eigenvalue weighted by Crippen LogP contribution is 2.19. The molecule has 29 heavy (non-hydrogen) atoms. The molecule has 0 saturated carbocycles. The van der Waals surface area contributed by atoms with Gasteiger partial charge >= 0.3 is 6.03 Å². The fourth-order valence-corrected chi connectivity index (χ4v) is 3.12. The number of nitrogens with zero attached hydrogens (tertiary/aromatic N) is 1. The Morgan fingerprint density at radius 3 is 2.55 bits per heavy atom. The van der Waals surface area contributed by atoms with Gasteiger partial charge < -0.3 is 25.6 Å². The molecule has 0 radical (unpaired) electrons. The van der Waals surface area contributed by atoms with E-state index in [0.29, 0.717) is 26.2 Å². The summed E-state index contributed by atoms with van der Waals surface area (Å²) in [5.74, 6) is 0.823. The van der Waals surface area contributed by atoms with Crippen molar-refractivity contribution < 1.29 is 14.3 Å². The number of carbonyl (C=O) groups is 2. The molecule has 3 N–H and O–H groups in total.